The van der Waals surface area contributed by atoms with Crippen molar-refractivity contribution in [1.29, 1.82) is 0 Å². The number of hydrogen-bond acceptors (Lipinski definition) is 3. The normalized spacial score (nSPS) is 10.4. The highest BCUT2D eigenvalue weighted by Gasteiger charge is 2.11. The fourth-order valence-corrected chi connectivity index (χ4v) is 1.39. The van der Waals surface area contributed by atoms with Crippen LogP contribution >= 0.6 is 15.9 Å². The number of aromatic nitrogens is 1. The van der Waals surface area contributed by atoms with E-state index in [9.17, 15) is 0 Å². The van der Waals surface area contributed by atoms with E-state index in [0.29, 0.717) is 18.2 Å². The fraction of sp³-hybridized carbons (Fsp3) is 0.500. The van der Waals surface area contributed by atoms with Crippen LogP contribution in [0.15, 0.2) is 16.7 Å². The van der Waals surface area contributed by atoms with Crippen LogP contribution in [0.25, 0.3) is 0 Å². The molecule has 0 aliphatic carbocycles. The van der Waals surface area contributed by atoms with Gasteiger partial charge in [-0.05, 0) is 42.8 Å². The van der Waals surface area contributed by atoms with Gasteiger partial charge in [0, 0.05) is 6.20 Å². The lowest BCUT2D eigenvalue weighted by atomic mass is 10.4. The molecule has 0 saturated carbocycles. The first kappa shape index (κ1) is 11.3. The van der Waals surface area contributed by atoms with E-state index in [4.69, 9.17) is 9.47 Å². The lowest BCUT2D eigenvalue weighted by Crippen LogP contribution is -2.08. The van der Waals surface area contributed by atoms with E-state index in [2.05, 4.69) is 20.9 Å². The molecule has 4 heteroatoms. The van der Waals surface area contributed by atoms with Crippen molar-refractivity contribution in [2.45, 2.75) is 26.9 Å². The number of rotatable bonds is 4. The summed E-state index contributed by atoms with van der Waals surface area (Å²) < 4.78 is 11.8. The Morgan fingerprint density at radius 1 is 1.50 bits per heavy atom. The molecule has 0 saturated heterocycles. The molecule has 1 aromatic heterocycles. The topological polar surface area (TPSA) is 31.4 Å². The zero-order chi connectivity index (χ0) is 10.6. The molecular weight excluding hydrogens is 246 g/mol. The average molecular weight is 260 g/mol. The third-order valence-electron chi connectivity index (χ3n) is 1.46. The van der Waals surface area contributed by atoms with Crippen LogP contribution in [-0.2, 0) is 0 Å². The molecule has 0 bridgehead atoms. The fourth-order valence-electron chi connectivity index (χ4n) is 0.989. The molecule has 0 fully saturated rings. The third kappa shape index (κ3) is 2.87. The molecule has 0 amide bonds. The highest BCUT2D eigenvalue weighted by Crippen LogP contribution is 2.33. The van der Waals surface area contributed by atoms with Crippen LogP contribution in [0, 0.1) is 0 Å². The van der Waals surface area contributed by atoms with E-state index in [0.717, 1.165) is 4.47 Å². The predicted molar refractivity (Wildman–Crippen MR) is 58.9 cm³/mol. The molecule has 0 aliphatic rings. The van der Waals surface area contributed by atoms with Crippen LogP contribution < -0.4 is 9.47 Å². The molecule has 0 spiro atoms. The Hall–Kier alpha value is -0.770. The molecule has 0 unspecified atom stereocenters. The Balaban J connectivity index is 2.95. The first-order valence-electron chi connectivity index (χ1n) is 4.59. The molecule has 0 aromatic carbocycles. The Bertz CT molecular complexity index is 302. The van der Waals surface area contributed by atoms with Crippen molar-refractivity contribution < 1.29 is 9.47 Å². The van der Waals surface area contributed by atoms with Crippen LogP contribution in [0.4, 0.5) is 0 Å². The van der Waals surface area contributed by atoms with E-state index in [-0.39, 0.29) is 6.10 Å². The summed E-state index contributed by atoms with van der Waals surface area (Å²) in [6, 6.07) is 1.83. The van der Waals surface area contributed by atoms with Crippen molar-refractivity contribution in [1.82, 2.24) is 4.98 Å². The number of hydrogen-bond donors (Lipinski definition) is 0. The maximum Gasteiger partial charge on any atom is 0.258 e. The molecule has 1 heterocycles. The summed E-state index contributed by atoms with van der Waals surface area (Å²) in [7, 11) is 0. The lowest BCUT2D eigenvalue weighted by molar-refractivity contribution is 0.213. The Morgan fingerprint density at radius 3 is 2.79 bits per heavy atom. The first-order valence-corrected chi connectivity index (χ1v) is 5.38. The summed E-state index contributed by atoms with van der Waals surface area (Å²) in [6.45, 7) is 6.44. The van der Waals surface area contributed by atoms with Crippen LogP contribution in [0.1, 0.15) is 20.8 Å². The maximum absolute atomic E-state index is 5.51. The number of nitrogens with zero attached hydrogens (tertiary/aromatic N) is 1. The van der Waals surface area contributed by atoms with Crippen molar-refractivity contribution in [2.24, 2.45) is 0 Å². The zero-order valence-corrected chi connectivity index (χ0v) is 10.2. The molecular formula is C10H14BrNO2. The van der Waals surface area contributed by atoms with Gasteiger partial charge in [0.2, 0.25) is 0 Å². The van der Waals surface area contributed by atoms with Gasteiger partial charge in [-0.25, -0.2) is 4.98 Å². The summed E-state index contributed by atoms with van der Waals surface area (Å²) in [5.74, 6) is 1.21. The van der Waals surface area contributed by atoms with Crippen molar-refractivity contribution in [3.63, 3.8) is 0 Å². The maximum atomic E-state index is 5.51. The summed E-state index contributed by atoms with van der Waals surface area (Å²) in [6.07, 6.45) is 1.78. The minimum absolute atomic E-state index is 0.0935. The van der Waals surface area contributed by atoms with Crippen molar-refractivity contribution in [2.75, 3.05) is 6.61 Å². The second-order valence-corrected chi connectivity index (χ2v) is 3.88. The van der Waals surface area contributed by atoms with Gasteiger partial charge in [-0.15, -0.1) is 0 Å². The highest BCUT2D eigenvalue weighted by molar-refractivity contribution is 9.10. The Morgan fingerprint density at radius 2 is 2.21 bits per heavy atom. The third-order valence-corrected chi connectivity index (χ3v) is 2.08. The summed E-state index contributed by atoms with van der Waals surface area (Å²) in [4.78, 5) is 4.12. The van der Waals surface area contributed by atoms with Gasteiger partial charge < -0.3 is 9.47 Å². The SMILES string of the molecule is CCOc1c(Br)ccnc1OC(C)C. The van der Waals surface area contributed by atoms with E-state index in [1.54, 1.807) is 6.20 Å². The Kier molecular flexibility index (Phi) is 4.20. The Labute approximate surface area is 92.6 Å². The average Bonchev–Trinajstić information content (AvgIpc) is 2.10. The van der Waals surface area contributed by atoms with Gasteiger partial charge in [-0.2, -0.15) is 0 Å². The van der Waals surface area contributed by atoms with Crippen molar-refractivity contribution in [3.05, 3.63) is 16.7 Å². The molecule has 0 N–H and O–H groups in total. The van der Waals surface area contributed by atoms with Gasteiger partial charge in [-0.3, -0.25) is 0 Å². The second-order valence-electron chi connectivity index (χ2n) is 3.03. The molecule has 0 radical (unpaired) electrons. The predicted octanol–water partition coefficient (Wildman–Crippen LogP) is 3.03. The summed E-state index contributed by atoms with van der Waals surface area (Å²) in [5.41, 5.74) is 0. The van der Waals surface area contributed by atoms with Gasteiger partial charge >= 0.3 is 0 Å². The van der Waals surface area contributed by atoms with E-state index < -0.39 is 0 Å². The number of pyridine rings is 1. The standard InChI is InChI=1S/C10H14BrNO2/c1-4-13-9-8(11)5-6-12-10(9)14-7(2)3/h5-7H,4H2,1-3H3. The highest BCUT2D eigenvalue weighted by atomic mass is 79.9. The van der Waals surface area contributed by atoms with Crippen LogP contribution in [-0.4, -0.2) is 17.7 Å². The lowest BCUT2D eigenvalue weighted by Gasteiger charge is -2.13. The van der Waals surface area contributed by atoms with Gasteiger partial charge in [0.25, 0.3) is 5.88 Å². The molecule has 1 rings (SSSR count). The van der Waals surface area contributed by atoms with Crippen molar-refractivity contribution >= 4 is 15.9 Å². The number of halogens is 1. The van der Waals surface area contributed by atoms with Gasteiger partial charge in [-0.1, -0.05) is 0 Å². The smallest absolute Gasteiger partial charge is 0.258 e. The van der Waals surface area contributed by atoms with Crippen molar-refractivity contribution in [3.8, 4) is 11.6 Å². The molecule has 0 aliphatic heterocycles. The van der Waals surface area contributed by atoms with Crippen LogP contribution in [0.2, 0.25) is 0 Å². The zero-order valence-electron chi connectivity index (χ0n) is 8.58. The molecule has 14 heavy (non-hydrogen) atoms. The second kappa shape index (κ2) is 5.20. The minimum Gasteiger partial charge on any atom is -0.487 e. The summed E-state index contributed by atoms with van der Waals surface area (Å²) in [5, 5.41) is 0. The van der Waals surface area contributed by atoms with E-state index in [1.807, 2.05) is 26.8 Å². The molecule has 78 valence electrons. The van der Waals surface area contributed by atoms with Crippen LogP contribution in [0.5, 0.6) is 11.6 Å². The first-order chi connectivity index (χ1) is 6.65. The largest absolute Gasteiger partial charge is 0.487 e. The molecule has 0 atom stereocenters. The molecule has 1 aromatic rings. The minimum atomic E-state index is 0.0935. The quantitative estimate of drug-likeness (QED) is 0.833. The summed E-state index contributed by atoms with van der Waals surface area (Å²) >= 11 is 3.39. The van der Waals surface area contributed by atoms with E-state index >= 15 is 0 Å². The van der Waals surface area contributed by atoms with Crippen LogP contribution in [0.3, 0.4) is 0 Å². The van der Waals surface area contributed by atoms with E-state index in [1.165, 1.54) is 0 Å². The molecule has 3 nitrogen and oxygen atoms in total. The number of ether oxygens (including phenoxy) is 2. The van der Waals surface area contributed by atoms with Gasteiger partial charge in [0.15, 0.2) is 5.75 Å². The van der Waals surface area contributed by atoms with Gasteiger partial charge in [0.1, 0.15) is 0 Å². The van der Waals surface area contributed by atoms with Gasteiger partial charge in [0.05, 0.1) is 17.2 Å². The monoisotopic (exact) mass is 259 g/mol.